The lowest BCUT2D eigenvalue weighted by molar-refractivity contribution is 0.269. The van der Waals surface area contributed by atoms with Crippen LogP contribution in [-0.2, 0) is 6.54 Å². The number of halogens is 1. The maximum Gasteiger partial charge on any atom is 0.265 e. The third kappa shape index (κ3) is 2.11. The lowest BCUT2D eigenvalue weighted by Crippen LogP contribution is -2.18. The molecule has 0 aliphatic heterocycles. The molecule has 2 aromatic heterocycles. The Labute approximate surface area is 119 Å². The van der Waals surface area contributed by atoms with Gasteiger partial charge >= 0.3 is 0 Å². The molecule has 0 atom stereocenters. The van der Waals surface area contributed by atoms with Gasteiger partial charge in [-0.3, -0.25) is 14.0 Å². The second kappa shape index (κ2) is 5.11. The topological polar surface area (TPSA) is 60.0 Å². The smallest absolute Gasteiger partial charge is 0.265 e. The van der Waals surface area contributed by atoms with Gasteiger partial charge < -0.3 is 5.11 Å². The zero-order chi connectivity index (χ0) is 14.1. The Balaban J connectivity index is 2.19. The molecule has 20 heavy (non-hydrogen) atoms. The quantitative estimate of drug-likeness (QED) is 0.800. The molecule has 0 bridgehead atoms. The molecule has 0 fully saturated rings. The molecule has 0 unspecified atom stereocenters. The third-order valence-electron chi connectivity index (χ3n) is 3.08. The van der Waals surface area contributed by atoms with Crippen LogP contribution in [0.15, 0.2) is 47.5 Å². The maximum atomic E-state index is 12.5. The average Bonchev–Trinajstić information content (AvgIpc) is 2.88. The highest BCUT2D eigenvalue weighted by atomic mass is 35.5. The minimum absolute atomic E-state index is 0.000429. The van der Waals surface area contributed by atoms with Gasteiger partial charge in [-0.25, -0.2) is 0 Å². The van der Waals surface area contributed by atoms with Gasteiger partial charge in [-0.2, -0.15) is 5.10 Å². The lowest BCUT2D eigenvalue weighted by Gasteiger charge is -2.05. The van der Waals surface area contributed by atoms with Crippen molar-refractivity contribution in [3.8, 4) is 5.82 Å². The van der Waals surface area contributed by atoms with E-state index in [9.17, 15) is 4.79 Å². The van der Waals surface area contributed by atoms with E-state index < -0.39 is 0 Å². The second-order valence-electron chi connectivity index (χ2n) is 4.36. The van der Waals surface area contributed by atoms with Crippen molar-refractivity contribution in [2.24, 2.45) is 0 Å². The van der Waals surface area contributed by atoms with Crippen molar-refractivity contribution in [3.05, 3.63) is 58.1 Å². The first-order valence-electron chi connectivity index (χ1n) is 6.15. The number of rotatable bonds is 3. The molecule has 102 valence electrons. The van der Waals surface area contributed by atoms with E-state index >= 15 is 0 Å². The van der Waals surface area contributed by atoms with E-state index in [0.717, 1.165) is 5.39 Å². The summed E-state index contributed by atoms with van der Waals surface area (Å²) in [6.07, 6.45) is 3.39. The number of hydrogen-bond donors (Lipinski definition) is 1. The van der Waals surface area contributed by atoms with Crippen molar-refractivity contribution in [2.75, 3.05) is 6.61 Å². The first-order chi connectivity index (χ1) is 9.70. The number of aromatic nitrogens is 3. The Hall–Kier alpha value is -2.11. The van der Waals surface area contributed by atoms with Crippen LogP contribution in [0, 0.1) is 0 Å². The van der Waals surface area contributed by atoms with E-state index in [1.54, 1.807) is 29.2 Å². The van der Waals surface area contributed by atoms with Crippen molar-refractivity contribution in [3.63, 3.8) is 0 Å². The summed E-state index contributed by atoms with van der Waals surface area (Å²) < 4.78 is 3.03. The fourth-order valence-electron chi connectivity index (χ4n) is 2.14. The molecule has 3 aromatic rings. The number of fused-ring (bicyclic) bond motifs is 1. The van der Waals surface area contributed by atoms with E-state index in [-0.39, 0.29) is 12.2 Å². The standard InChI is InChI=1S/C14H12ClN3O2/c15-11-3-1-2-10-4-7-18(14(20)13(10)11)12-5-6-17(16-12)8-9-19/h1-7,19H,8-9H2. The number of nitrogens with zero attached hydrogens (tertiary/aromatic N) is 3. The molecule has 0 saturated carbocycles. The summed E-state index contributed by atoms with van der Waals surface area (Å²) in [6, 6.07) is 8.90. The van der Waals surface area contributed by atoms with Gasteiger partial charge in [0.25, 0.3) is 5.56 Å². The SMILES string of the molecule is O=c1c2c(Cl)cccc2ccn1-c1ccn(CCO)n1. The molecule has 0 radical (unpaired) electrons. The van der Waals surface area contributed by atoms with Crippen molar-refractivity contribution < 1.29 is 5.11 Å². The van der Waals surface area contributed by atoms with Crippen LogP contribution in [0.1, 0.15) is 0 Å². The largest absolute Gasteiger partial charge is 0.394 e. The van der Waals surface area contributed by atoms with Gasteiger partial charge in [0.15, 0.2) is 5.82 Å². The average molecular weight is 290 g/mol. The van der Waals surface area contributed by atoms with Crippen LogP contribution in [0.3, 0.4) is 0 Å². The zero-order valence-electron chi connectivity index (χ0n) is 10.5. The van der Waals surface area contributed by atoms with Crippen LogP contribution >= 0.6 is 11.6 Å². The number of benzene rings is 1. The predicted octanol–water partition coefficient (Wildman–Crippen LogP) is 1.83. The van der Waals surface area contributed by atoms with Crippen molar-refractivity contribution in [2.45, 2.75) is 6.54 Å². The highest BCUT2D eigenvalue weighted by Gasteiger charge is 2.09. The predicted molar refractivity (Wildman–Crippen MR) is 77.4 cm³/mol. The third-order valence-corrected chi connectivity index (χ3v) is 3.40. The second-order valence-corrected chi connectivity index (χ2v) is 4.76. The van der Waals surface area contributed by atoms with Gasteiger partial charge in [0.1, 0.15) is 0 Å². The van der Waals surface area contributed by atoms with Crippen LogP contribution in [0.4, 0.5) is 0 Å². The molecule has 0 aliphatic rings. The van der Waals surface area contributed by atoms with Crippen molar-refractivity contribution in [1.82, 2.24) is 14.3 Å². The summed E-state index contributed by atoms with van der Waals surface area (Å²) in [6.45, 7) is 0.392. The van der Waals surface area contributed by atoms with Gasteiger partial charge in [-0.05, 0) is 17.5 Å². The number of pyridine rings is 1. The molecule has 6 heteroatoms. The molecule has 3 rings (SSSR count). The van der Waals surface area contributed by atoms with E-state index in [2.05, 4.69) is 5.10 Å². The molecule has 0 saturated heterocycles. The molecule has 1 aromatic carbocycles. The fraction of sp³-hybridized carbons (Fsp3) is 0.143. The monoisotopic (exact) mass is 289 g/mol. The summed E-state index contributed by atoms with van der Waals surface area (Å²) in [5, 5.41) is 14.8. The highest BCUT2D eigenvalue weighted by molar-refractivity contribution is 6.35. The molecular weight excluding hydrogens is 278 g/mol. The molecule has 2 heterocycles. The Bertz CT molecular complexity index is 823. The normalized spacial score (nSPS) is 11.1. The Kier molecular flexibility index (Phi) is 3.30. The van der Waals surface area contributed by atoms with Gasteiger partial charge in [0, 0.05) is 18.5 Å². The maximum absolute atomic E-state index is 12.5. The molecule has 0 amide bonds. The van der Waals surface area contributed by atoms with E-state index in [4.69, 9.17) is 16.7 Å². The van der Waals surface area contributed by atoms with Gasteiger partial charge in [0.2, 0.25) is 0 Å². The van der Waals surface area contributed by atoms with Gasteiger partial charge in [0.05, 0.1) is 23.6 Å². The van der Waals surface area contributed by atoms with Crippen LogP contribution in [0.5, 0.6) is 0 Å². The van der Waals surface area contributed by atoms with Crippen LogP contribution in [0.2, 0.25) is 5.02 Å². The molecular formula is C14H12ClN3O2. The van der Waals surface area contributed by atoms with Crippen LogP contribution < -0.4 is 5.56 Å². The summed E-state index contributed by atoms with van der Waals surface area (Å²) in [5.41, 5.74) is -0.206. The van der Waals surface area contributed by atoms with Crippen molar-refractivity contribution >= 4 is 22.4 Å². The van der Waals surface area contributed by atoms with E-state index in [0.29, 0.717) is 22.8 Å². The first-order valence-corrected chi connectivity index (χ1v) is 6.53. The Morgan fingerprint density at radius 3 is 2.85 bits per heavy atom. The molecule has 0 aliphatic carbocycles. The first kappa shape index (κ1) is 12.9. The fourth-order valence-corrected chi connectivity index (χ4v) is 2.40. The number of hydrogen-bond acceptors (Lipinski definition) is 3. The molecule has 5 nitrogen and oxygen atoms in total. The van der Waals surface area contributed by atoms with Crippen LogP contribution in [0.25, 0.3) is 16.6 Å². The van der Waals surface area contributed by atoms with Crippen LogP contribution in [-0.4, -0.2) is 26.1 Å². The highest BCUT2D eigenvalue weighted by Crippen LogP contribution is 2.20. The minimum atomic E-state index is -0.206. The van der Waals surface area contributed by atoms with E-state index in [1.165, 1.54) is 4.57 Å². The summed E-state index contributed by atoms with van der Waals surface area (Å²) in [4.78, 5) is 12.5. The van der Waals surface area contributed by atoms with Gasteiger partial charge in [-0.15, -0.1) is 0 Å². The zero-order valence-corrected chi connectivity index (χ0v) is 11.3. The number of aliphatic hydroxyl groups excluding tert-OH is 1. The lowest BCUT2D eigenvalue weighted by atomic mass is 10.2. The molecule has 1 N–H and O–H groups in total. The summed E-state index contributed by atoms with van der Waals surface area (Å²) in [5.74, 6) is 0.505. The van der Waals surface area contributed by atoms with E-state index in [1.807, 2.05) is 18.2 Å². The minimum Gasteiger partial charge on any atom is -0.394 e. The Morgan fingerprint density at radius 2 is 2.05 bits per heavy atom. The van der Waals surface area contributed by atoms with Gasteiger partial charge in [-0.1, -0.05) is 23.7 Å². The number of aliphatic hydroxyl groups is 1. The molecule has 0 spiro atoms. The van der Waals surface area contributed by atoms with Crippen molar-refractivity contribution in [1.29, 1.82) is 0 Å². The Morgan fingerprint density at radius 1 is 1.20 bits per heavy atom. The summed E-state index contributed by atoms with van der Waals surface area (Å²) >= 11 is 6.10. The summed E-state index contributed by atoms with van der Waals surface area (Å²) in [7, 11) is 0.